The van der Waals surface area contributed by atoms with Gasteiger partial charge in [0.15, 0.2) is 6.61 Å². The van der Waals surface area contributed by atoms with Gasteiger partial charge >= 0.3 is 11.8 Å². The molecule has 0 saturated heterocycles. The minimum atomic E-state index is -0.876. The van der Waals surface area contributed by atoms with E-state index in [1.807, 2.05) is 64.1 Å². The Bertz CT molecular complexity index is 1230. The molecule has 0 bridgehead atoms. The number of aryl methyl sites for hydroxylation is 4. The fraction of sp³-hybridized carbons (Fsp3) is 0.185. The molecule has 35 heavy (non-hydrogen) atoms. The van der Waals surface area contributed by atoms with Gasteiger partial charge in [0, 0.05) is 11.4 Å². The SMILES string of the molecule is Cc1cc(C)cc(NC(=O)COc2ccc(/C=N\NC(=O)C(=O)Nc3c(C)cccc3C)cc2)c1. The van der Waals surface area contributed by atoms with Crippen LogP contribution in [0.25, 0.3) is 0 Å². The molecule has 0 aliphatic carbocycles. The Labute approximate surface area is 204 Å². The largest absolute Gasteiger partial charge is 0.484 e. The number of hydrogen-bond acceptors (Lipinski definition) is 5. The van der Waals surface area contributed by atoms with Gasteiger partial charge in [0.1, 0.15) is 5.75 Å². The number of hydrazone groups is 1. The molecule has 0 unspecified atom stereocenters. The van der Waals surface area contributed by atoms with Gasteiger partial charge in [-0.25, -0.2) is 5.43 Å². The summed E-state index contributed by atoms with van der Waals surface area (Å²) in [4.78, 5) is 36.3. The van der Waals surface area contributed by atoms with Gasteiger partial charge in [-0.3, -0.25) is 14.4 Å². The standard InChI is InChI=1S/C27H28N4O4/c1-17-12-18(2)14-22(13-17)29-24(32)16-35-23-10-8-21(9-11-23)15-28-31-27(34)26(33)30-25-19(3)6-5-7-20(25)4/h5-15H,16H2,1-4H3,(H,29,32)(H,30,33)(H,31,34)/b28-15-. The van der Waals surface area contributed by atoms with Gasteiger partial charge in [0.05, 0.1) is 6.21 Å². The summed E-state index contributed by atoms with van der Waals surface area (Å²) in [5.41, 5.74) is 8.07. The van der Waals surface area contributed by atoms with E-state index in [0.717, 1.165) is 27.9 Å². The summed E-state index contributed by atoms with van der Waals surface area (Å²) in [5.74, 6) is -1.43. The van der Waals surface area contributed by atoms with Crippen LogP contribution < -0.4 is 20.8 Å². The third-order valence-corrected chi connectivity index (χ3v) is 5.06. The molecule has 3 rings (SSSR count). The van der Waals surface area contributed by atoms with E-state index in [0.29, 0.717) is 17.0 Å². The first-order valence-corrected chi connectivity index (χ1v) is 11.0. The molecule has 3 aromatic carbocycles. The first-order valence-electron chi connectivity index (χ1n) is 11.0. The fourth-order valence-electron chi connectivity index (χ4n) is 3.44. The van der Waals surface area contributed by atoms with E-state index in [1.165, 1.54) is 6.21 Å². The topological polar surface area (TPSA) is 109 Å². The second-order valence-electron chi connectivity index (χ2n) is 8.20. The van der Waals surface area contributed by atoms with Crippen molar-refractivity contribution in [1.82, 2.24) is 5.43 Å². The number of benzene rings is 3. The Kier molecular flexibility index (Phi) is 8.34. The minimum absolute atomic E-state index is 0.133. The smallest absolute Gasteiger partial charge is 0.329 e. The normalized spacial score (nSPS) is 10.6. The van der Waals surface area contributed by atoms with Gasteiger partial charge < -0.3 is 15.4 Å². The average molecular weight is 473 g/mol. The van der Waals surface area contributed by atoms with Crippen molar-refractivity contribution in [2.75, 3.05) is 17.2 Å². The van der Waals surface area contributed by atoms with Gasteiger partial charge in [-0.1, -0.05) is 24.3 Å². The molecule has 0 saturated carbocycles. The number of amides is 3. The molecule has 0 atom stereocenters. The number of anilines is 2. The van der Waals surface area contributed by atoms with Crippen LogP contribution in [-0.2, 0) is 14.4 Å². The Morgan fingerprint density at radius 2 is 1.46 bits per heavy atom. The lowest BCUT2D eigenvalue weighted by Gasteiger charge is -2.10. The first-order chi connectivity index (χ1) is 16.7. The van der Waals surface area contributed by atoms with Crippen molar-refractivity contribution >= 4 is 35.3 Å². The molecule has 0 spiro atoms. The maximum Gasteiger partial charge on any atom is 0.329 e. The van der Waals surface area contributed by atoms with Gasteiger partial charge in [0.2, 0.25) is 0 Å². The number of ether oxygens (including phenoxy) is 1. The van der Waals surface area contributed by atoms with E-state index in [4.69, 9.17) is 4.74 Å². The Hall–Kier alpha value is -4.46. The zero-order valence-electron chi connectivity index (χ0n) is 20.1. The van der Waals surface area contributed by atoms with Crippen molar-refractivity contribution in [3.05, 3.63) is 88.5 Å². The van der Waals surface area contributed by atoms with E-state index in [2.05, 4.69) is 21.2 Å². The summed E-state index contributed by atoms with van der Waals surface area (Å²) in [7, 11) is 0. The molecule has 0 fully saturated rings. The number of para-hydroxylation sites is 1. The van der Waals surface area contributed by atoms with E-state index in [1.54, 1.807) is 24.3 Å². The van der Waals surface area contributed by atoms with Gasteiger partial charge in [-0.15, -0.1) is 0 Å². The molecule has 3 aromatic rings. The number of nitrogens with zero attached hydrogens (tertiary/aromatic N) is 1. The van der Waals surface area contributed by atoms with Crippen LogP contribution in [0.4, 0.5) is 11.4 Å². The quantitative estimate of drug-likeness (QED) is 0.274. The van der Waals surface area contributed by atoms with Crippen molar-refractivity contribution in [3.8, 4) is 5.75 Å². The van der Waals surface area contributed by atoms with E-state index < -0.39 is 11.8 Å². The minimum Gasteiger partial charge on any atom is -0.484 e. The first kappa shape index (κ1) is 25.2. The highest BCUT2D eigenvalue weighted by Crippen LogP contribution is 2.19. The van der Waals surface area contributed by atoms with E-state index >= 15 is 0 Å². The highest BCUT2D eigenvalue weighted by atomic mass is 16.5. The third-order valence-electron chi connectivity index (χ3n) is 5.06. The molecule has 0 radical (unpaired) electrons. The van der Waals surface area contributed by atoms with Gasteiger partial charge in [-0.05, 0) is 91.9 Å². The number of nitrogens with one attached hydrogen (secondary N) is 3. The second-order valence-corrected chi connectivity index (χ2v) is 8.20. The van der Waals surface area contributed by atoms with Crippen LogP contribution in [0, 0.1) is 27.7 Å². The summed E-state index contributed by atoms with van der Waals surface area (Å²) in [6, 6.07) is 18.2. The highest BCUT2D eigenvalue weighted by molar-refractivity contribution is 6.39. The molecule has 0 aromatic heterocycles. The summed E-state index contributed by atoms with van der Waals surface area (Å²) in [6.45, 7) is 7.51. The molecule has 180 valence electrons. The van der Waals surface area contributed by atoms with Crippen LogP contribution in [0.2, 0.25) is 0 Å². The van der Waals surface area contributed by atoms with Crippen molar-refractivity contribution in [2.24, 2.45) is 5.10 Å². The van der Waals surface area contributed by atoms with Crippen LogP contribution in [0.1, 0.15) is 27.8 Å². The van der Waals surface area contributed by atoms with Crippen LogP contribution >= 0.6 is 0 Å². The van der Waals surface area contributed by atoms with E-state index in [-0.39, 0.29) is 12.5 Å². The van der Waals surface area contributed by atoms with E-state index in [9.17, 15) is 14.4 Å². The monoisotopic (exact) mass is 472 g/mol. The Balaban J connectivity index is 1.46. The van der Waals surface area contributed by atoms with Crippen LogP contribution in [-0.4, -0.2) is 30.5 Å². The van der Waals surface area contributed by atoms with Gasteiger partial charge in [-0.2, -0.15) is 5.10 Å². The predicted octanol–water partition coefficient (Wildman–Crippen LogP) is 4.03. The molecule has 0 heterocycles. The molecule has 0 aliphatic heterocycles. The summed E-state index contributed by atoms with van der Waals surface area (Å²) in [6.07, 6.45) is 1.40. The zero-order valence-corrected chi connectivity index (χ0v) is 20.1. The molecule has 3 N–H and O–H groups in total. The van der Waals surface area contributed by atoms with Crippen molar-refractivity contribution in [2.45, 2.75) is 27.7 Å². The second kappa shape index (κ2) is 11.6. The fourth-order valence-corrected chi connectivity index (χ4v) is 3.44. The molecular formula is C27H28N4O4. The molecule has 0 aliphatic rings. The van der Waals surface area contributed by atoms with Crippen LogP contribution in [0.5, 0.6) is 5.75 Å². The van der Waals surface area contributed by atoms with Crippen molar-refractivity contribution in [3.63, 3.8) is 0 Å². The maximum atomic E-state index is 12.2. The number of carbonyl (C=O) groups excluding carboxylic acids is 3. The number of hydrogen-bond donors (Lipinski definition) is 3. The summed E-state index contributed by atoms with van der Waals surface area (Å²) >= 11 is 0. The highest BCUT2D eigenvalue weighted by Gasteiger charge is 2.15. The Morgan fingerprint density at radius 1 is 0.829 bits per heavy atom. The lowest BCUT2D eigenvalue weighted by atomic mass is 10.1. The zero-order chi connectivity index (χ0) is 25.4. The lowest BCUT2D eigenvalue weighted by molar-refractivity contribution is -0.136. The molecular weight excluding hydrogens is 444 g/mol. The summed E-state index contributed by atoms with van der Waals surface area (Å²) in [5, 5.41) is 9.24. The predicted molar refractivity (Wildman–Crippen MR) is 137 cm³/mol. The molecule has 3 amide bonds. The third kappa shape index (κ3) is 7.53. The summed E-state index contributed by atoms with van der Waals surface area (Å²) < 4.78 is 5.53. The number of rotatable bonds is 7. The lowest BCUT2D eigenvalue weighted by Crippen LogP contribution is -2.32. The molecule has 8 nitrogen and oxygen atoms in total. The number of carbonyl (C=O) groups is 3. The van der Waals surface area contributed by atoms with Crippen molar-refractivity contribution in [1.29, 1.82) is 0 Å². The van der Waals surface area contributed by atoms with Gasteiger partial charge in [0.25, 0.3) is 5.91 Å². The van der Waals surface area contributed by atoms with Crippen molar-refractivity contribution < 1.29 is 19.1 Å². The molecule has 8 heteroatoms. The average Bonchev–Trinajstić information content (AvgIpc) is 2.80. The Morgan fingerprint density at radius 3 is 2.09 bits per heavy atom. The maximum absolute atomic E-state index is 12.2. The van der Waals surface area contributed by atoms with Crippen LogP contribution in [0.3, 0.4) is 0 Å². The van der Waals surface area contributed by atoms with Crippen LogP contribution in [0.15, 0.2) is 65.8 Å².